The SMILES string of the molecule is CC/C=C\C/C=C\C/C=C\C/C=C\C/C=C\CCCCCCCC(=O)OC(COC(=O)CCCCCCC)COC(OCC[N+](C)(C)C)C(=O)O. The maximum Gasteiger partial charge on any atom is 0.361 e. The molecule has 0 rings (SSSR count). The van der Waals surface area contributed by atoms with E-state index in [2.05, 4.69) is 74.6 Å². The third-order valence-corrected chi connectivity index (χ3v) is 7.79. The maximum atomic E-state index is 12.6. The first-order chi connectivity index (χ1) is 24.6. The first-order valence-corrected chi connectivity index (χ1v) is 19.5. The Morgan fingerprint density at radius 2 is 1.12 bits per heavy atom. The predicted molar refractivity (Wildman–Crippen MR) is 207 cm³/mol. The van der Waals surface area contributed by atoms with Gasteiger partial charge in [0.05, 0.1) is 34.4 Å². The molecule has 0 radical (unpaired) electrons. The predicted octanol–water partition coefficient (Wildman–Crippen LogP) is 9.43. The van der Waals surface area contributed by atoms with E-state index < -0.39 is 24.3 Å². The largest absolute Gasteiger partial charge is 0.477 e. The summed E-state index contributed by atoms with van der Waals surface area (Å²) < 4.78 is 22.5. The minimum absolute atomic E-state index is 0.181. The number of hydrogen-bond acceptors (Lipinski definition) is 7. The lowest BCUT2D eigenvalue weighted by Crippen LogP contribution is -2.40. The van der Waals surface area contributed by atoms with Crippen molar-refractivity contribution >= 4 is 17.9 Å². The number of carbonyl (C=O) groups excluding carboxylic acids is 2. The molecule has 0 aliphatic rings. The van der Waals surface area contributed by atoms with E-state index in [9.17, 15) is 19.5 Å². The zero-order valence-electron chi connectivity index (χ0n) is 32.7. The summed E-state index contributed by atoms with van der Waals surface area (Å²) in [6.45, 7) is 4.60. The average molecular weight is 719 g/mol. The van der Waals surface area contributed by atoms with Crippen LogP contribution < -0.4 is 0 Å². The lowest BCUT2D eigenvalue weighted by molar-refractivity contribution is -0.870. The van der Waals surface area contributed by atoms with Crippen molar-refractivity contribution in [3.8, 4) is 0 Å². The molecule has 292 valence electrons. The monoisotopic (exact) mass is 719 g/mol. The second kappa shape index (κ2) is 34.1. The van der Waals surface area contributed by atoms with E-state index >= 15 is 0 Å². The lowest BCUT2D eigenvalue weighted by atomic mass is 10.1. The van der Waals surface area contributed by atoms with Crippen LogP contribution >= 0.6 is 0 Å². The van der Waals surface area contributed by atoms with E-state index in [1.54, 1.807) is 0 Å². The molecule has 0 spiro atoms. The molecule has 0 bridgehead atoms. The van der Waals surface area contributed by atoms with Gasteiger partial charge in [-0.25, -0.2) is 4.79 Å². The topological polar surface area (TPSA) is 108 Å². The highest BCUT2D eigenvalue weighted by Gasteiger charge is 2.25. The van der Waals surface area contributed by atoms with Crippen LogP contribution in [0.5, 0.6) is 0 Å². The number of allylic oxidation sites excluding steroid dienone is 10. The highest BCUT2D eigenvalue weighted by molar-refractivity contribution is 5.71. The minimum atomic E-state index is -1.51. The number of nitrogens with zero attached hydrogens (tertiary/aromatic N) is 1. The number of aliphatic carboxylic acids is 1. The van der Waals surface area contributed by atoms with E-state index in [4.69, 9.17) is 18.9 Å². The van der Waals surface area contributed by atoms with Crippen molar-refractivity contribution in [2.45, 2.75) is 142 Å². The molecule has 0 aliphatic heterocycles. The van der Waals surface area contributed by atoms with Gasteiger partial charge >= 0.3 is 17.9 Å². The third-order valence-electron chi connectivity index (χ3n) is 7.79. The van der Waals surface area contributed by atoms with E-state index in [1.165, 1.54) is 0 Å². The fourth-order valence-electron chi connectivity index (χ4n) is 4.74. The summed E-state index contributed by atoms with van der Waals surface area (Å²) in [6, 6.07) is 0. The van der Waals surface area contributed by atoms with E-state index in [0.29, 0.717) is 17.4 Å². The zero-order valence-corrected chi connectivity index (χ0v) is 32.7. The van der Waals surface area contributed by atoms with Crippen molar-refractivity contribution in [2.24, 2.45) is 0 Å². The van der Waals surface area contributed by atoms with Gasteiger partial charge in [-0.1, -0.05) is 120 Å². The van der Waals surface area contributed by atoms with Crippen LogP contribution in [0.15, 0.2) is 60.8 Å². The Kier molecular flexibility index (Phi) is 32.1. The van der Waals surface area contributed by atoms with E-state index in [0.717, 1.165) is 96.3 Å². The Hall–Kier alpha value is -3.01. The quantitative estimate of drug-likeness (QED) is 0.0231. The smallest absolute Gasteiger partial charge is 0.361 e. The van der Waals surface area contributed by atoms with Crippen molar-refractivity contribution in [3.05, 3.63) is 60.8 Å². The zero-order chi connectivity index (χ0) is 37.8. The van der Waals surface area contributed by atoms with Crippen molar-refractivity contribution in [1.82, 2.24) is 0 Å². The third kappa shape index (κ3) is 35.2. The van der Waals surface area contributed by atoms with Crippen LogP contribution in [0, 0.1) is 0 Å². The van der Waals surface area contributed by atoms with Gasteiger partial charge in [0.25, 0.3) is 6.29 Å². The lowest BCUT2D eigenvalue weighted by Gasteiger charge is -2.25. The van der Waals surface area contributed by atoms with Gasteiger partial charge in [0.2, 0.25) is 0 Å². The molecule has 1 N–H and O–H groups in total. The van der Waals surface area contributed by atoms with Crippen LogP contribution in [0.3, 0.4) is 0 Å². The second-order valence-corrected chi connectivity index (χ2v) is 13.9. The van der Waals surface area contributed by atoms with Gasteiger partial charge in [-0.2, -0.15) is 0 Å². The van der Waals surface area contributed by atoms with Crippen LogP contribution in [-0.4, -0.2) is 87.4 Å². The van der Waals surface area contributed by atoms with E-state index in [-0.39, 0.29) is 38.6 Å². The van der Waals surface area contributed by atoms with Gasteiger partial charge in [0.15, 0.2) is 6.10 Å². The molecule has 0 aromatic heterocycles. The minimum Gasteiger partial charge on any atom is -0.477 e. The normalized spacial score (nSPS) is 13.7. The molecule has 0 amide bonds. The molecular weight excluding hydrogens is 646 g/mol. The summed E-state index contributed by atoms with van der Waals surface area (Å²) >= 11 is 0. The van der Waals surface area contributed by atoms with Gasteiger partial charge < -0.3 is 28.5 Å². The summed E-state index contributed by atoms with van der Waals surface area (Å²) in [6.07, 6.45) is 36.1. The molecule has 0 aliphatic carbocycles. The maximum absolute atomic E-state index is 12.6. The Morgan fingerprint density at radius 1 is 0.608 bits per heavy atom. The number of quaternary nitrogens is 1. The molecule has 0 saturated heterocycles. The standard InChI is InChI=1S/C42H71NO8/c1-6-8-10-12-13-14-15-16-17-18-19-20-21-22-23-24-25-26-27-29-31-33-40(45)51-38(36-49-39(44)32-30-28-11-9-7-2)37-50-42(41(46)47)48-35-34-43(3,4)5/h8,10,13-14,16-17,19-20,22-23,38,42H,6-7,9,11-12,15,18,21,24-37H2,1-5H3/p+1/b10-8-,14-13-,17-16-,20-19-,23-22-. The molecule has 2 unspecified atom stereocenters. The second-order valence-electron chi connectivity index (χ2n) is 13.9. The molecule has 2 atom stereocenters. The van der Waals surface area contributed by atoms with Gasteiger partial charge in [0, 0.05) is 12.8 Å². The number of carbonyl (C=O) groups is 3. The molecular formula is C42H72NO8+. The summed E-state index contributed by atoms with van der Waals surface area (Å²) in [5.74, 6) is -2.06. The van der Waals surface area contributed by atoms with Crippen LogP contribution in [-0.2, 0) is 33.3 Å². The molecule has 0 fully saturated rings. The van der Waals surface area contributed by atoms with Gasteiger partial charge in [-0.05, 0) is 57.8 Å². The Morgan fingerprint density at radius 3 is 1.67 bits per heavy atom. The molecule has 0 heterocycles. The molecule has 9 nitrogen and oxygen atoms in total. The fourth-order valence-corrected chi connectivity index (χ4v) is 4.74. The van der Waals surface area contributed by atoms with Crippen LogP contribution in [0.25, 0.3) is 0 Å². The molecule has 0 saturated carbocycles. The summed E-state index contributed by atoms with van der Waals surface area (Å²) in [7, 11) is 5.92. The Balaban J connectivity index is 4.39. The van der Waals surface area contributed by atoms with E-state index in [1.807, 2.05) is 21.1 Å². The molecule has 0 aromatic carbocycles. The number of esters is 2. The van der Waals surface area contributed by atoms with Crippen LogP contribution in [0.2, 0.25) is 0 Å². The summed E-state index contributed by atoms with van der Waals surface area (Å²) in [5.41, 5.74) is 0. The summed E-state index contributed by atoms with van der Waals surface area (Å²) in [4.78, 5) is 36.6. The van der Waals surface area contributed by atoms with Crippen molar-refractivity contribution in [3.63, 3.8) is 0 Å². The van der Waals surface area contributed by atoms with Gasteiger partial charge in [-0.3, -0.25) is 9.59 Å². The number of likely N-dealkylation sites (N-methyl/N-ethyl adjacent to an activating group) is 1. The highest BCUT2D eigenvalue weighted by atomic mass is 16.7. The number of rotatable bonds is 34. The number of carboxylic acid groups (broad SMARTS) is 1. The van der Waals surface area contributed by atoms with Gasteiger partial charge in [-0.15, -0.1) is 0 Å². The fraction of sp³-hybridized carbons (Fsp3) is 0.690. The van der Waals surface area contributed by atoms with Crippen molar-refractivity contribution < 1.29 is 42.9 Å². The molecule has 9 heteroatoms. The Labute approximate surface area is 310 Å². The Bertz CT molecular complexity index is 1020. The number of unbranched alkanes of at least 4 members (excludes halogenated alkanes) is 9. The highest BCUT2D eigenvalue weighted by Crippen LogP contribution is 2.11. The summed E-state index contributed by atoms with van der Waals surface area (Å²) in [5, 5.41) is 9.55. The number of carboxylic acids is 1. The van der Waals surface area contributed by atoms with Crippen molar-refractivity contribution in [2.75, 3.05) is 47.5 Å². The first kappa shape index (κ1) is 48.0. The number of hydrogen-bond donors (Lipinski definition) is 1. The van der Waals surface area contributed by atoms with Crippen LogP contribution in [0.4, 0.5) is 0 Å². The first-order valence-electron chi connectivity index (χ1n) is 19.5. The van der Waals surface area contributed by atoms with Crippen molar-refractivity contribution in [1.29, 1.82) is 0 Å². The number of ether oxygens (including phenoxy) is 4. The average Bonchev–Trinajstić information content (AvgIpc) is 3.08. The van der Waals surface area contributed by atoms with Gasteiger partial charge in [0.1, 0.15) is 13.2 Å². The molecule has 51 heavy (non-hydrogen) atoms. The van der Waals surface area contributed by atoms with Crippen LogP contribution in [0.1, 0.15) is 129 Å². The molecule has 0 aromatic rings.